The zero-order valence-electron chi connectivity index (χ0n) is 9.73. The van der Waals surface area contributed by atoms with Crippen molar-refractivity contribution in [3.8, 4) is 0 Å². The summed E-state index contributed by atoms with van der Waals surface area (Å²) in [6.45, 7) is 5.52. The monoisotopic (exact) mass is 216 g/mol. The van der Waals surface area contributed by atoms with E-state index in [1.807, 2.05) is 12.1 Å². The Morgan fingerprint density at radius 3 is 3.00 bits per heavy atom. The SMILES string of the molecule is CC(=O)c1cccnc1N1CCC=C(C)C1. The van der Waals surface area contributed by atoms with Gasteiger partial charge in [-0.2, -0.15) is 0 Å². The number of nitrogens with zero attached hydrogens (tertiary/aromatic N) is 2. The van der Waals surface area contributed by atoms with E-state index in [-0.39, 0.29) is 5.78 Å². The Labute approximate surface area is 95.8 Å². The van der Waals surface area contributed by atoms with Gasteiger partial charge in [0, 0.05) is 19.3 Å². The van der Waals surface area contributed by atoms with E-state index in [9.17, 15) is 4.79 Å². The molecule has 0 amide bonds. The lowest BCUT2D eigenvalue weighted by Gasteiger charge is -2.28. The first-order chi connectivity index (χ1) is 7.68. The largest absolute Gasteiger partial charge is 0.352 e. The Bertz CT molecular complexity index is 437. The molecule has 0 atom stereocenters. The van der Waals surface area contributed by atoms with E-state index < -0.39 is 0 Å². The first-order valence-corrected chi connectivity index (χ1v) is 5.55. The predicted octanol–water partition coefficient (Wildman–Crippen LogP) is 2.44. The summed E-state index contributed by atoms with van der Waals surface area (Å²) in [6, 6.07) is 3.66. The van der Waals surface area contributed by atoms with Gasteiger partial charge in [0.2, 0.25) is 0 Å². The first kappa shape index (κ1) is 10.9. The molecule has 2 rings (SSSR count). The predicted molar refractivity (Wildman–Crippen MR) is 64.8 cm³/mol. The molecule has 0 N–H and O–H groups in total. The molecule has 0 saturated carbocycles. The Hall–Kier alpha value is -1.64. The molecule has 0 aromatic carbocycles. The number of anilines is 1. The number of hydrogen-bond donors (Lipinski definition) is 0. The summed E-state index contributed by atoms with van der Waals surface area (Å²) in [6.07, 6.45) is 5.02. The maximum Gasteiger partial charge on any atom is 0.163 e. The van der Waals surface area contributed by atoms with Gasteiger partial charge in [0.15, 0.2) is 5.78 Å². The van der Waals surface area contributed by atoms with Gasteiger partial charge >= 0.3 is 0 Å². The third-order valence-corrected chi connectivity index (χ3v) is 2.80. The molecule has 3 heteroatoms. The van der Waals surface area contributed by atoms with Gasteiger partial charge in [0.05, 0.1) is 5.56 Å². The van der Waals surface area contributed by atoms with Gasteiger partial charge in [0.25, 0.3) is 0 Å². The van der Waals surface area contributed by atoms with E-state index >= 15 is 0 Å². The van der Waals surface area contributed by atoms with Gasteiger partial charge in [-0.05, 0) is 32.4 Å². The lowest BCUT2D eigenvalue weighted by atomic mass is 10.1. The van der Waals surface area contributed by atoms with Crippen LogP contribution in [0.4, 0.5) is 5.82 Å². The minimum Gasteiger partial charge on any atom is -0.352 e. The lowest BCUT2D eigenvalue weighted by molar-refractivity contribution is 0.101. The van der Waals surface area contributed by atoms with E-state index in [0.717, 1.165) is 30.9 Å². The Balaban J connectivity index is 2.33. The number of rotatable bonds is 2. The zero-order valence-corrected chi connectivity index (χ0v) is 9.73. The van der Waals surface area contributed by atoms with Crippen LogP contribution in [0.5, 0.6) is 0 Å². The smallest absolute Gasteiger partial charge is 0.163 e. The topological polar surface area (TPSA) is 33.2 Å². The zero-order chi connectivity index (χ0) is 11.5. The van der Waals surface area contributed by atoms with Crippen molar-refractivity contribution in [1.82, 2.24) is 4.98 Å². The molecule has 1 aliphatic rings. The number of carbonyl (C=O) groups excluding carboxylic acids is 1. The quantitative estimate of drug-likeness (QED) is 0.562. The van der Waals surface area contributed by atoms with Crippen LogP contribution < -0.4 is 4.90 Å². The molecule has 16 heavy (non-hydrogen) atoms. The summed E-state index contributed by atoms with van der Waals surface area (Å²) < 4.78 is 0. The fourth-order valence-corrected chi connectivity index (χ4v) is 2.02. The molecule has 0 saturated heterocycles. The van der Waals surface area contributed by atoms with E-state index in [1.165, 1.54) is 5.57 Å². The highest BCUT2D eigenvalue weighted by Gasteiger charge is 2.17. The summed E-state index contributed by atoms with van der Waals surface area (Å²) in [4.78, 5) is 18.0. The first-order valence-electron chi connectivity index (χ1n) is 5.55. The number of hydrogen-bond acceptors (Lipinski definition) is 3. The maximum atomic E-state index is 11.5. The van der Waals surface area contributed by atoms with Crippen molar-refractivity contribution in [1.29, 1.82) is 0 Å². The van der Waals surface area contributed by atoms with Crippen LogP contribution in [0.2, 0.25) is 0 Å². The van der Waals surface area contributed by atoms with E-state index in [4.69, 9.17) is 0 Å². The molecule has 1 aliphatic heterocycles. The molecule has 0 bridgehead atoms. The van der Waals surface area contributed by atoms with Crippen LogP contribution in [-0.4, -0.2) is 23.9 Å². The molecular weight excluding hydrogens is 200 g/mol. The summed E-state index contributed by atoms with van der Waals surface area (Å²) in [7, 11) is 0. The van der Waals surface area contributed by atoms with E-state index in [1.54, 1.807) is 13.1 Å². The van der Waals surface area contributed by atoms with Crippen molar-refractivity contribution < 1.29 is 4.79 Å². The Morgan fingerprint density at radius 2 is 2.31 bits per heavy atom. The average molecular weight is 216 g/mol. The lowest BCUT2D eigenvalue weighted by Crippen LogP contribution is -2.31. The van der Waals surface area contributed by atoms with Gasteiger partial charge in [-0.25, -0.2) is 4.98 Å². The van der Waals surface area contributed by atoms with Crippen molar-refractivity contribution in [3.63, 3.8) is 0 Å². The molecule has 0 radical (unpaired) electrons. The second-order valence-corrected chi connectivity index (χ2v) is 4.19. The minimum atomic E-state index is 0.0790. The molecule has 1 aromatic heterocycles. The van der Waals surface area contributed by atoms with Gasteiger partial charge in [-0.1, -0.05) is 11.6 Å². The third kappa shape index (κ3) is 2.13. The van der Waals surface area contributed by atoms with E-state index in [2.05, 4.69) is 22.9 Å². The van der Waals surface area contributed by atoms with Crippen LogP contribution in [0.15, 0.2) is 30.0 Å². The standard InChI is InChI=1S/C13H16N2O/c1-10-5-4-8-15(9-10)13-12(11(2)16)6-3-7-14-13/h3,5-7H,4,8-9H2,1-2H3. The van der Waals surface area contributed by atoms with Crippen molar-refractivity contribution >= 4 is 11.6 Å². The average Bonchev–Trinajstić information content (AvgIpc) is 2.29. The second-order valence-electron chi connectivity index (χ2n) is 4.19. The second kappa shape index (κ2) is 4.47. The number of aromatic nitrogens is 1. The van der Waals surface area contributed by atoms with Gasteiger partial charge in [-0.15, -0.1) is 0 Å². The molecule has 1 aromatic rings. The van der Waals surface area contributed by atoms with Crippen LogP contribution in [0.25, 0.3) is 0 Å². The molecule has 0 aliphatic carbocycles. The number of ketones is 1. The fourth-order valence-electron chi connectivity index (χ4n) is 2.02. The van der Waals surface area contributed by atoms with Crippen molar-refractivity contribution in [2.75, 3.05) is 18.0 Å². The van der Waals surface area contributed by atoms with Gasteiger partial charge < -0.3 is 4.90 Å². The number of Topliss-reactive ketones (excluding diaryl/α,β-unsaturated/α-hetero) is 1. The van der Waals surface area contributed by atoms with Crippen molar-refractivity contribution in [2.45, 2.75) is 20.3 Å². The van der Waals surface area contributed by atoms with Crippen LogP contribution in [0, 0.1) is 0 Å². The molecule has 0 unspecified atom stereocenters. The third-order valence-electron chi connectivity index (χ3n) is 2.80. The molecule has 84 valence electrons. The maximum absolute atomic E-state index is 11.5. The van der Waals surface area contributed by atoms with Crippen molar-refractivity contribution in [3.05, 3.63) is 35.5 Å². The van der Waals surface area contributed by atoms with Gasteiger partial charge in [-0.3, -0.25) is 4.79 Å². The Kier molecular flexibility index (Phi) is 3.04. The van der Waals surface area contributed by atoms with Crippen LogP contribution in [0.1, 0.15) is 30.6 Å². The Morgan fingerprint density at radius 1 is 1.50 bits per heavy atom. The summed E-state index contributed by atoms with van der Waals surface area (Å²) >= 11 is 0. The van der Waals surface area contributed by atoms with Gasteiger partial charge in [0.1, 0.15) is 5.82 Å². The highest BCUT2D eigenvalue weighted by molar-refractivity contribution is 5.98. The number of pyridine rings is 1. The summed E-state index contributed by atoms with van der Waals surface area (Å²) in [5.74, 6) is 0.901. The summed E-state index contributed by atoms with van der Waals surface area (Å²) in [5, 5.41) is 0. The molecule has 3 nitrogen and oxygen atoms in total. The van der Waals surface area contributed by atoms with Crippen molar-refractivity contribution in [2.24, 2.45) is 0 Å². The molecule has 0 spiro atoms. The van der Waals surface area contributed by atoms with Crippen LogP contribution >= 0.6 is 0 Å². The van der Waals surface area contributed by atoms with Crippen LogP contribution in [0.3, 0.4) is 0 Å². The fraction of sp³-hybridized carbons (Fsp3) is 0.385. The highest BCUT2D eigenvalue weighted by Crippen LogP contribution is 2.21. The minimum absolute atomic E-state index is 0.0790. The summed E-state index contributed by atoms with van der Waals surface area (Å²) in [5.41, 5.74) is 2.06. The van der Waals surface area contributed by atoms with E-state index in [0.29, 0.717) is 0 Å². The van der Waals surface area contributed by atoms with Crippen LogP contribution in [-0.2, 0) is 0 Å². The molecule has 0 fully saturated rings. The highest BCUT2D eigenvalue weighted by atomic mass is 16.1. The molecule has 2 heterocycles. The normalized spacial score (nSPS) is 15.9. The molecular formula is C13H16N2O. The number of carbonyl (C=O) groups is 1.